The van der Waals surface area contributed by atoms with E-state index in [4.69, 9.17) is 19.3 Å². The summed E-state index contributed by atoms with van der Waals surface area (Å²) in [5, 5.41) is 28.6. The summed E-state index contributed by atoms with van der Waals surface area (Å²) in [5.74, 6) is 0. The van der Waals surface area contributed by atoms with Gasteiger partial charge in [0.1, 0.15) is 24.4 Å². The minimum atomic E-state index is -1.19. The maximum atomic E-state index is 9.78. The average Bonchev–Trinajstić information content (AvgIpc) is 2.24. The SMILES string of the molecule is COC1C(CO)OC(OC(C)C)C(O)C1O. The van der Waals surface area contributed by atoms with E-state index in [1.807, 2.05) is 0 Å². The van der Waals surface area contributed by atoms with E-state index in [9.17, 15) is 10.2 Å². The summed E-state index contributed by atoms with van der Waals surface area (Å²) in [6.07, 6.45) is -4.88. The normalized spacial score (nSPS) is 40.3. The van der Waals surface area contributed by atoms with Gasteiger partial charge in [0, 0.05) is 7.11 Å². The summed E-state index contributed by atoms with van der Waals surface area (Å²) in [5.41, 5.74) is 0. The van der Waals surface area contributed by atoms with Gasteiger partial charge in [0.05, 0.1) is 12.7 Å². The molecule has 1 aliphatic heterocycles. The molecular weight excluding hydrogens is 216 g/mol. The molecule has 0 spiro atoms. The van der Waals surface area contributed by atoms with Crippen molar-refractivity contribution < 1.29 is 29.5 Å². The summed E-state index contributed by atoms with van der Waals surface area (Å²) in [6.45, 7) is 3.28. The second kappa shape index (κ2) is 5.90. The fraction of sp³-hybridized carbons (Fsp3) is 1.00. The molecule has 5 unspecified atom stereocenters. The number of rotatable bonds is 4. The number of aliphatic hydroxyl groups excluding tert-OH is 3. The van der Waals surface area contributed by atoms with Crippen LogP contribution in [0.2, 0.25) is 0 Å². The van der Waals surface area contributed by atoms with Gasteiger partial charge >= 0.3 is 0 Å². The monoisotopic (exact) mass is 236 g/mol. The zero-order chi connectivity index (χ0) is 12.3. The van der Waals surface area contributed by atoms with Crippen LogP contribution in [0.25, 0.3) is 0 Å². The standard InChI is InChI=1S/C10H20O6/c1-5(2)15-10-8(13)7(12)9(14-3)6(4-11)16-10/h5-13H,4H2,1-3H3. The quantitative estimate of drug-likeness (QED) is 0.572. The van der Waals surface area contributed by atoms with Gasteiger partial charge in [0.15, 0.2) is 6.29 Å². The topological polar surface area (TPSA) is 88.4 Å². The van der Waals surface area contributed by atoms with Gasteiger partial charge in [-0.05, 0) is 13.8 Å². The van der Waals surface area contributed by atoms with Crippen LogP contribution in [-0.2, 0) is 14.2 Å². The Labute approximate surface area is 94.7 Å². The van der Waals surface area contributed by atoms with Gasteiger partial charge in [0.2, 0.25) is 0 Å². The van der Waals surface area contributed by atoms with Crippen molar-refractivity contribution in [3.8, 4) is 0 Å². The molecule has 1 rings (SSSR count). The third-order valence-electron chi connectivity index (χ3n) is 2.50. The molecule has 0 amide bonds. The lowest BCUT2D eigenvalue weighted by atomic mass is 9.99. The van der Waals surface area contributed by atoms with E-state index in [2.05, 4.69) is 0 Å². The predicted molar refractivity (Wildman–Crippen MR) is 54.8 cm³/mol. The van der Waals surface area contributed by atoms with Crippen molar-refractivity contribution >= 4 is 0 Å². The lowest BCUT2D eigenvalue weighted by molar-refractivity contribution is -0.311. The smallest absolute Gasteiger partial charge is 0.186 e. The Balaban J connectivity index is 2.70. The van der Waals surface area contributed by atoms with Crippen LogP contribution in [0.5, 0.6) is 0 Å². The highest BCUT2D eigenvalue weighted by Crippen LogP contribution is 2.24. The van der Waals surface area contributed by atoms with Gasteiger partial charge in [0.25, 0.3) is 0 Å². The highest BCUT2D eigenvalue weighted by atomic mass is 16.7. The summed E-state index contributed by atoms with van der Waals surface area (Å²) in [4.78, 5) is 0. The van der Waals surface area contributed by atoms with Crippen LogP contribution in [0.3, 0.4) is 0 Å². The molecule has 1 heterocycles. The van der Waals surface area contributed by atoms with Gasteiger partial charge < -0.3 is 29.5 Å². The van der Waals surface area contributed by atoms with Crippen LogP contribution in [0.15, 0.2) is 0 Å². The van der Waals surface area contributed by atoms with E-state index in [0.717, 1.165) is 0 Å². The van der Waals surface area contributed by atoms with E-state index in [-0.39, 0.29) is 12.7 Å². The molecule has 0 bridgehead atoms. The van der Waals surface area contributed by atoms with Crippen molar-refractivity contribution in [1.29, 1.82) is 0 Å². The second-order valence-corrected chi connectivity index (χ2v) is 4.09. The Morgan fingerprint density at radius 2 is 1.88 bits per heavy atom. The van der Waals surface area contributed by atoms with Crippen LogP contribution in [-0.4, -0.2) is 65.8 Å². The molecular formula is C10H20O6. The molecule has 0 aliphatic carbocycles. The lowest BCUT2D eigenvalue weighted by Gasteiger charge is -2.41. The zero-order valence-corrected chi connectivity index (χ0v) is 9.74. The van der Waals surface area contributed by atoms with Gasteiger partial charge in [-0.1, -0.05) is 0 Å². The molecule has 0 aromatic heterocycles. The molecule has 6 nitrogen and oxygen atoms in total. The number of ether oxygens (including phenoxy) is 3. The molecule has 6 heteroatoms. The largest absolute Gasteiger partial charge is 0.394 e. The molecule has 1 saturated heterocycles. The Kier molecular flexibility index (Phi) is 5.10. The molecule has 0 saturated carbocycles. The molecule has 1 fully saturated rings. The number of hydrogen-bond acceptors (Lipinski definition) is 6. The van der Waals surface area contributed by atoms with Crippen LogP contribution in [0.4, 0.5) is 0 Å². The van der Waals surface area contributed by atoms with E-state index < -0.39 is 30.7 Å². The molecule has 16 heavy (non-hydrogen) atoms. The first-order chi connectivity index (χ1) is 7.51. The Bertz CT molecular complexity index is 207. The number of aliphatic hydroxyl groups is 3. The van der Waals surface area contributed by atoms with Crippen molar-refractivity contribution in [3.05, 3.63) is 0 Å². The lowest BCUT2D eigenvalue weighted by Crippen LogP contribution is -2.60. The molecule has 0 radical (unpaired) electrons. The minimum Gasteiger partial charge on any atom is -0.394 e. The van der Waals surface area contributed by atoms with Gasteiger partial charge in [-0.15, -0.1) is 0 Å². The summed E-state index contributed by atoms with van der Waals surface area (Å²) in [7, 11) is 1.39. The predicted octanol–water partition coefficient (Wildman–Crippen LogP) is -1.13. The molecule has 0 aromatic carbocycles. The number of hydrogen-bond donors (Lipinski definition) is 3. The van der Waals surface area contributed by atoms with E-state index in [1.54, 1.807) is 13.8 Å². The average molecular weight is 236 g/mol. The maximum absolute atomic E-state index is 9.78. The van der Waals surface area contributed by atoms with Crippen molar-refractivity contribution in [1.82, 2.24) is 0 Å². The summed E-state index contributed by atoms with van der Waals surface area (Å²) < 4.78 is 15.6. The minimum absolute atomic E-state index is 0.148. The Hall–Kier alpha value is -0.240. The second-order valence-electron chi connectivity index (χ2n) is 4.09. The van der Waals surface area contributed by atoms with Crippen LogP contribution in [0, 0.1) is 0 Å². The molecule has 1 aliphatic rings. The molecule has 5 atom stereocenters. The van der Waals surface area contributed by atoms with E-state index in [1.165, 1.54) is 7.11 Å². The van der Waals surface area contributed by atoms with Crippen LogP contribution in [0.1, 0.15) is 13.8 Å². The molecule has 0 aromatic rings. The first-order valence-corrected chi connectivity index (χ1v) is 5.32. The van der Waals surface area contributed by atoms with Gasteiger partial charge in [-0.2, -0.15) is 0 Å². The highest BCUT2D eigenvalue weighted by Gasteiger charge is 2.45. The zero-order valence-electron chi connectivity index (χ0n) is 9.74. The van der Waals surface area contributed by atoms with Gasteiger partial charge in [-0.3, -0.25) is 0 Å². The first kappa shape index (κ1) is 13.8. The van der Waals surface area contributed by atoms with Crippen molar-refractivity contribution in [2.24, 2.45) is 0 Å². The van der Waals surface area contributed by atoms with Crippen LogP contribution >= 0.6 is 0 Å². The van der Waals surface area contributed by atoms with Crippen molar-refractivity contribution in [3.63, 3.8) is 0 Å². The molecule has 96 valence electrons. The van der Waals surface area contributed by atoms with Crippen molar-refractivity contribution in [2.45, 2.75) is 50.7 Å². The van der Waals surface area contributed by atoms with Crippen molar-refractivity contribution in [2.75, 3.05) is 13.7 Å². The Morgan fingerprint density at radius 3 is 2.31 bits per heavy atom. The molecule has 3 N–H and O–H groups in total. The third-order valence-corrected chi connectivity index (χ3v) is 2.50. The third kappa shape index (κ3) is 2.91. The number of methoxy groups -OCH3 is 1. The highest BCUT2D eigenvalue weighted by molar-refractivity contribution is 4.90. The van der Waals surface area contributed by atoms with E-state index >= 15 is 0 Å². The fourth-order valence-corrected chi connectivity index (χ4v) is 1.72. The first-order valence-electron chi connectivity index (χ1n) is 5.32. The maximum Gasteiger partial charge on any atom is 0.186 e. The van der Waals surface area contributed by atoms with E-state index in [0.29, 0.717) is 0 Å². The summed E-state index contributed by atoms with van der Waals surface area (Å²) >= 11 is 0. The Morgan fingerprint density at radius 1 is 1.25 bits per heavy atom. The van der Waals surface area contributed by atoms with Crippen LogP contribution < -0.4 is 0 Å². The van der Waals surface area contributed by atoms with Gasteiger partial charge in [-0.25, -0.2) is 0 Å². The summed E-state index contributed by atoms with van der Waals surface area (Å²) in [6, 6.07) is 0. The fourth-order valence-electron chi connectivity index (χ4n) is 1.72.